The average molecular weight is 264 g/mol. The molecule has 0 aliphatic rings. The van der Waals surface area contributed by atoms with Crippen LogP contribution < -0.4 is 5.32 Å². The van der Waals surface area contributed by atoms with Gasteiger partial charge in [-0.15, -0.1) is 11.3 Å². The fraction of sp³-hybridized carbons (Fsp3) is 0.357. The van der Waals surface area contributed by atoms with Crippen molar-refractivity contribution in [3.63, 3.8) is 0 Å². The molecule has 2 nitrogen and oxygen atoms in total. The number of hydrogen-bond donors (Lipinski definition) is 1. The molecular weight excluding hydrogens is 247 g/mol. The number of thiazole rings is 1. The monoisotopic (exact) mass is 264 g/mol. The summed E-state index contributed by atoms with van der Waals surface area (Å²) in [6, 6.07) is 7.00. The van der Waals surface area contributed by atoms with Crippen molar-refractivity contribution in [3.8, 4) is 0 Å². The number of nitrogens with one attached hydrogen (secondary N) is 1. The van der Waals surface area contributed by atoms with Crippen LogP contribution in [0.25, 0.3) is 0 Å². The second-order valence-electron chi connectivity index (χ2n) is 4.22. The average Bonchev–Trinajstić information content (AvgIpc) is 2.78. The van der Waals surface area contributed by atoms with Gasteiger partial charge >= 0.3 is 0 Å². The van der Waals surface area contributed by atoms with Crippen molar-refractivity contribution >= 4 is 11.3 Å². The molecule has 0 spiro atoms. The number of rotatable bonds is 5. The highest BCUT2D eigenvalue weighted by Crippen LogP contribution is 2.21. The third-order valence-corrected chi connectivity index (χ3v) is 3.98. The van der Waals surface area contributed by atoms with Gasteiger partial charge in [-0.2, -0.15) is 0 Å². The molecule has 2 rings (SSSR count). The molecule has 1 heterocycles. The summed E-state index contributed by atoms with van der Waals surface area (Å²) in [4.78, 5) is 5.43. The number of nitrogens with zero attached hydrogens (tertiary/aromatic N) is 1. The second kappa shape index (κ2) is 6.07. The van der Waals surface area contributed by atoms with Crippen LogP contribution in [0.4, 0.5) is 4.39 Å². The van der Waals surface area contributed by atoms with Crippen LogP contribution in [0.3, 0.4) is 0 Å². The molecule has 0 aliphatic heterocycles. The van der Waals surface area contributed by atoms with Crippen molar-refractivity contribution in [1.29, 1.82) is 0 Å². The lowest BCUT2D eigenvalue weighted by Crippen LogP contribution is -2.21. The molecule has 1 aromatic heterocycles. The molecule has 0 fully saturated rings. The first kappa shape index (κ1) is 13.2. The maximum atomic E-state index is 13.7. The maximum absolute atomic E-state index is 13.7. The fourth-order valence-electron chi connectivity index (χ4n) is 1.94. The topological polar surface area (TPSA) is 24.9 Å². The van der Waals surface area contributed by atoms with Crippen LogP contribution in [-0.2, 0) is 6.54 Å². The van der Waals surface area contributed by atoms with Crippen LogP contribution in [-0.4, -0.2) is 4.98 Å². The Kier molecular flexibility index (Phi) is 4.44. The largest absolute Gasteiger partial charge is 0.305 e. The highest BCUT2D eigenvalue weighted by molar-refractivity contribution is 7.09. The number of aryl methyl sites for hydroxylation is 1. The van der Waals surface area contributed by atoms with E-state index < -0.39 is 0 Å². The summed E-state index contributed by atoms with van der Waals surface area (Å²) < 4.78 is 13.7. The van der Waals surface area contributed by atoms with Crippen molar-refractivity contribution < 1.29 is 4.39 Å². The first-order valence-electron chi connectivity index (χ1n) is 6.09. The van der Waals surface area contributed by atoms with Crippen molar-refractivity contribution in [1.82, 2.24) is 10.3 Å². The Labute approximate surface area is 111 Å². The third-order valence-electron chi connectivity index (χ3n) is 3.04. The summed E-state index contributed by atoms with van der Waals surface area (Å²) >= 11 is 1.63. The molecule has 0 bridgehead atoms. The molecule has 0 saturated carbocycles. The normalized spacial score (nSPS) is 12.6. The summed E-state index contributed by atoms with van der Waals surface area (Å²) in [7, 11) is 0. The second-order valence-corrected chi connectivity index (χ2v) is 5.16. The minimum Gasteiger partial charge on any atom is -0.305 e. The lowest BCUT2D eigenvalue weighted by molar-refractivity contribution is 0.489. The van der Waals surface area contributed by atoms with Crippen LogP contribution in [0.1, 0.15) is 35.5 Å². The predicted molar refractivity (Wildman–Crippen MR) is 73.1 cm³/mol. The van der Waals surface area contributed by atoms with Gasteiger partial charge in [-0.25, -0.2) is 9.37 Å². The minimum absolute atomic E-state index is 0.0488. The van der Waals surface area contributed by atoms with E-state index in [1.165, 1.54) is 10.9 Å². The smallest absolute Gasteiger partial charge is 0.127 e. The number of benzene rings is 1. The van der Waals surface area contributed by atoms with Gasteiger partial charge in [-0.1, -0.05) is 25.1 Å². The van der Waals surface area contributed by atoms with Crippen molar-refractivity contribution in [2.75, 3.05) is 0 Å². The molecular formula is C14H17FN2S. The van der Waals surface area contributed by atoms with Gasteiger partial charge < -0.3 is 5.32 Å². The molecule has 0 aliphatic carbocycles. The van der Waals surface area contributed by atoms with Gasteiger partial charge in [-0.05, 0) is 19.4 Å². The summed E-state index contributed by atoms with van der Waals surface area (Å²) in [5.41, 5.74) is 3.63. The Bertz CT molecular complexity index is 510. The number of aromatic nitrogens is 1. The standard InChI is InChI=1S/C14H17FN2S/c1-3-13(11-6-4-5-7-12(11)15)16-8-14-10(2)17-9-18-14/h4-7,9,13,16H,3,8H2,1-2H3. The van der Waals surface area contributed by atoms with E-state index in [1.807, 2.05) is 24.6 Å². The molecule has 1 N–H and O–H groups in total. The van der Waals surface area contributed by atoms with E-state index in [0.717, 1.165) is 24.2 Å². The zero-order valence-electron chi connectivity index (χ0n) is 10.6. The Balaban J connectivity index is 2.07. The summed E-state index contributed by atoms with van der Waals surface area (Å²) in [5, 5.41) is 3.40. The van der Waals surface area contributed by atoms with E-state index in [-0.39, 0.29) is 11.9 Å². The number of hydrogen-bond acceptors (Lipinski definition) is 3. The van der Waals surface area contributed by atoms with Crippen LogP contribution >= 0.6 is 11.3 Å². The predicted octanol–water partition coefficient (Wildman–Crippen LogP) is 3.83. The lowest BCUT2D eigenvalue weighted by atomic mass is 10.0. The van der Waals surface area contributed by atoms with Gasteiger partial charge in [0.1, 0.15) is 5.82 Å². The SMILES string of the molecule is CCC(NCc1scnc1C)c1ccccc1F. The van der Waals surface area contributed by atoms with Crippen LogP contribution in [0.15, 0.2) is 29.8 Å². The molecule has 0 saturated heterocycles. The van der Waals surface area contributed by atoms with Crippen LogP contribution in [0.2, 0.25) is 0 Å². The Hall–Kier alpha value is -1.26. The Morgan fingerprint density at radius 3 is 2.78 bits per heavy atom. The fourth-order valence-corrected chi connectivity index (χ4v) is 2.67. The van der Waals surface area contributed by atoms with E-state index >= 15 is 0 Å². The molecule has 96 valence electrons. The zero-order chi connectivity index (χ0) is 13.0. The molecule has 1 unspecified atom stereocenters. The summed E-state index contributed by atoms with van der Waals surface area (Å²) in [6.07, 6.45) is 0.860. The van der Waals surface area contributed by atoms with E-state index in [2.05, 4.69) is 17.2 Å². The molecule has 2 aromatic rings. The summed E-state index contributed by atoms with van der Waals surface area (Å²) in [5.74, 6) is -0.141. The molecule has 1 aromatic carbocycles. The van der Waals surface area contributed by atoms with Gasteiger partial charge in [0.25, 0.3) is 0 Å². The van der Waals surface area contributed by atoms with Gasteiger partial charge in [0.05, 0.1) is 11.2 Å². The van der Waals surface area contributed by atoms with E-state index in [4.69, 9.17) is 0 Å². The van der Waals surface area contributed by atoms with E-state index in [9.17, 15) is 4.39 Å². The quantitative estimate of drug-likeness (QED) is 0.887. The van der Waals surface area contributed by atoms with Crippen molar-refractivity contribution in [3.05, 3.63) is 51.7 Å². The van der Waals surface area contributed by atoms with Crippen molar-refractivity contribution in [2.45, 2.75) is 32.9 Å². The van der Waals surface area contributed by atoms with E-state index in [0.29, 0.717) is 0 Å². The van der Waals surface area contributed by atoms with Gasteiger partial charge in [0, 0.05) is 23.0 Å². The van der Waals surface area contributed by atoms with Crippen LogP contribution in [0, 0.1) is 12.7 Å². The number of halogens is 1. The molecule has 0 radical (unpaired) electrons. The van der Waals surface area contributed by atoms with Crippen LogP contribution in [0.5, 0.6) is 0 Å². The summed E-state index contributed by atoms with van der Waals surface area (Å²) in [6.45, 7) is 4.80. The Morgan fingerprint density at radius 2 is 2.17 bits per heavy atom. The highest BCUT2D eigenvalue weighted by Gasteiger charge is 2.13. The maximum Gasteiger partial charge on any atom is 0.127 e. The zero-order valence-corrected chi connectivity index (χ0v) is 11.4. The highest BCUT2D eigenvalue weighted by atomic mass is 32.1. The van der Waals surface area contributed by atoms with Gasteiger partial charge in [0.2, 0.25) is 0 Å². The molecule has 4 heteroatoms. The van der Waals surface area contributed by atoms with E-state index in [1.54, 1.807) is 17.4 Å². The lowest BCUT2D eigenvalue weighted by Gasteiger charge is -2.17. The van der Waals surface area contributed by atoms with Gasteiger partial charge in [-0.3, -0.25) is 0 Å². The van der Waals surface area contributed by atoms with Gasteiger partial charge in [0.15, 0.2) is 0 Å². The Morgan fingerprint density at radius 1 is 1.39 bits per heavy atom. The third kappa shape index (κ3) is 2.94. The first-order chi connectivity index (χ1) is 8.72. The minimum atomic E-state index is -0.141. The molecule has 1 atom stereocenters. The molecule has 0 amide bonds. The van der Waals surface area contributed by atoms with Crippen molar-refractivity contribution in [2.24, 2.45) is 0 Å². The molecule has 18 heavy (non-hydrogen) atoms. The first-order valence-corrected chi connectivity index (χ1v) is 6.97.